The van der Waals surface area contributed by atoms with E-state index in [1.54, 1.807) is 12.1 Å². The van der Waals surface area contributed by atoms with Crippen molar-refractivity contribution < 1.29 is 22.3 Å². The van der Waals surface area contributed by atoms with E-state index in [-0.39, 0.29) is 28.1 Å². The first-order valence-electron chi connectivity index (χ1n) is 11.5. The van der Waals surface area contributed by atoms with Crippen LogP contribution in [0, 0.1) is 5.82 Å². The monoisotopic (exact) mass is 555 g/mol. The van der Waals surface area contributed by atoms with Crippen LogP contribution in [0.3, 0.4) is 0 Å². The van der Waals surface area contributed by atoms with Crippen LogP contribution in [-0.2, 0) is 21.4 Å². The van der Waals surface area contributed by atoms with Crippen molar-refractivity contribution >= 4 is 33.4 Å². The summed E-state index contributed by atoms with van der Waals surface area (Å²) in [7, 11) is 0.594. The molecule has 198 valence electrons. The highest BCUT2D eigenvalue weighted by atomic mass is 32.2. The number of nitrogens with zero attached hydrogens (tertiary/aromatic N) is 4. The van der Waals surface area contributed by atoms with Crippen molar-refractivity contribution in [3.8, 4) is 17.1 Å². The number of ether oxygens (including phenoxy) is 1. The molecule has 38 heavy (non-hydrogen) atoms. The molecule has 1 aromatic heterocycles. The average molecular weight is 556 g/mol. The van der Waals surface area contributed by atoms with Gasteiger partial charge in [-0.2, -0.15) is 0 Å². The number of carbonyl (C=O) groups excluding carboxylic acids is 1. The highest BCUT2D eigenvalue weighted by Gasteiger charge is 2.21. The predicted octanol–water partition coefficient (Wildman–Crippen LogP) is 4.12. The van der Waals surface area contributed by atoms with Gasteiger partial charge in [-0.3, -0.25) is 9.36 Å². The van der Waals surface area contributed by atoms with Crippen molar-refractivity contribution in [1.29, 1.82) is 0 Å². The van der Waals surface area contributed by atoms with E-state index in [2.05, 4.69) is 15.5 Å². The first-order valence-corrected chi connectivity index (χ1v) is 13.9. The minimum atomic E-state index is -3.70. The van der Waals surface area contributed by atoms with Gasteiger partial charge in [0.25, 0.3) is 0 Å². The fraction of sp³-hybridized carbons (Fsp3) is 0.192. The Hall–Kier alpha value is -3.74. The third kappa shape index (κ3) is 6.21. The van der Waals surface area contributed by atoms with Gasteiger partial charge in [-0.25, -0.2) is 17.1 Å². The maximum Gasteiger partial charge on any atom is 0.242 e. The predicted molar refractivity (Wildman–Crippen MR) is 144 cm³/mol. The van der Waals surface area contributed by atoms with E-state index in [1.165, 1.54) is 63.3 Å². The molecule has 1 N–H and O–H groups in total. The smallest absolute Gasteiger partial charge is 0.242 e. The SMILES string of the molecule is COc1ccc(S(=O)(=O)N(C)C)cc1NC(=O)CSc1nnc(-c2ccc(F)cc2)n1Cc1ccccc1. The van der Waals surface area contributed by atoms with Gasteiger partial charge in [-0.05, 0) is 48.0 Å². The second-order valence-corrected chi connectivity index (χ2v) is 11.5. The van der Waals surface area contributed by atoms with Crippen LogP contribution >= 0.6 is 11.8 Å². The van der Waals surface area contributed by atoms with Crippen molar-refractivity contribution in [2.24, 2.45) is 0 Å². The fourth-order valence-corrected chi connectivity index (χ4v) is 5.26. The van der Waals surface area contributed by atoms with Gasteiger partial charge in [0, 0.05) is 19.7 Å². The molecule has 0 unspecified atom stereocenters. The summed E-state index contributed by atoms with van der Waals surface area (Å²) in [6.45, 7) is 0.447. The molecule has 0 aliphatic rings. The van der Waals surface area contributed by atoms with E-state index in [1.807, 2.05) is 34.9 Å². The molecule has 0 aliphatic carbocycles. The lowest BCUT2D eigenvalue weighted by atomic mass is 10.2. The Morgan fingerprint density at radius 2 is 1.76 bits per heavy atom. The number of hydrogen-bond acceptors (Lipinski definition) is 7. The van der Waals surface area contributed by atoms with Crippen molar-refractivity contribution in [3.63, 3.8) is 0 Å². The molecule has 0 saturated heterocycles. The van der Waals surface area contributed by atoms with Gasteiger partial charge >= 0.3 is 0 Å². The number of anilines is 1. The molecule has 4 aromatic rings. The molecule has 0 fully saturated rings. The Morgan fingerprint density at radius 3 is 2.42 bits per heavy atom. The zero-order chi connectivity index (χ0) is 27.3. The summed E-state index contributed by atoms with van der Waals surface area (Å²) in [5.74, 6) is 0.105. The van der Waals surface area contributed by atoms with Crippen LogP contribution in [0.4, 0.5) is 10.1 Å². The quantitative estimate of drug-likeness (QED) is 0.294. The number of hydrogen-bond donors (Lipinski definition) is 1. The van der Waals surface area contributed by atoms with Gasteiger partial charge in [-0.15, -0.1) is 10.2 Å². The standard InChI is InChI=1S/C26H26FN5O4S2/c1-31(2)38(34,35)21-13-14-23(36-3)22(15-21)28-24(33)17-37-26-30-29-25(19-9-11-20(27)12-10-19)32(26)16-18-7-5-4-6-8-18/h4-15H,16-17H2,1-3H3,(H,28,33). The van der Waals surface area contributed by atoms with Gasteiger partial charge in [-0.1, -0.05) is 42.1 Å². The Kier molecular flexibility index (Phi) is 8.45. The van der Waals surface area contributed by atoms with Gasteiger partial charge in [0.05, 0.1) is 30.0 Å². The molecular formula is C26H26FN5O4S2. The molecule has 9 nitrogen and oxygen atoms in total. The molecule has 0 radical (unpaired) electrons. The lowest BCUT2D eigenvalue weighted by Crippen LogP contribution is -2.22. The van der Waals surface area contributed by atoms with Crippen LogP contribution in [0.25, 0.3) is 11.4 Å². The first-order chi connectivity index (χ1) is 18.2. The zero-order valence-corrected chi connectivity index (χ0v) is 22.6. The number of carbonyl (C=O) groups is 1. The van der Waals surface area contributed by atoms with E-state index in [0.717, 1.165) is 9.87 Å². The fourth-order valence-electron chi connectivity index (χ4n) is 3.59. The second-order valence-electron chi connectivity index (χ2n) is 8.37. The van der Waals surface area contributed by atoms with Crippen LogP contribution in [0.15, 0.2) is 82.8 Å². The molecule has 0 spiro atoms. The molecule has 1 heterocycles. The van der Waals surface area contributed by atoms with Gasteiger partial charge in [0.1, 0.15) is 11.6 Å². The lowest BCUT2D eigenvalue weighted by molar-refractivity contribution is -0.113. The third-order valence-corrected chi connectivity index (χ3v) is 8.34. The molecule has 4 rings (SSSR count). The Bertz CT molecular complexity index is 1530. The summed E-state index contributed by atoms with van der Waals surface area (Å²) < 4.78 is 46.8. The Balaban J connectivity index is 1.56. The normalized spacial score (nSPS) is 11.5. The third-order valence-electron chi connectivity index (χ3n) is 5.56. The molecule has 0 atom stereocenters. The van der Waals surface area contributed by atoms with Gasteiger partial charge < -0.3 is 10.1 Å². The maximum atomic E-state index is 13.5. The molecule has 3 aromatic carbocycles. The summed E-state index contributed by atoms with van der Waals surface area (Å²) in [6.07, 6.45) is 0. The minimum absolute atomic E-state index is 0.0237. The van der Waals surface area contributed by atoms with Crippen LogP contribution in [0.1, 0.15) is 5.56 Å². The van der Waals surface area contributed by atoms with Gasteiger partial charge in [0.2, 0.25) is 15.9 Å². The van der Waals surface area contributed by atoms with Crippen LogP contribution < -0.4 is 10.1 Å². The van der Waals surface area contributed by atoms with E-state index < -0.39 is 10.0 Å². The van der Waals surface area contributed by atoms with E-state index in [0.29, 0.717) is 28.8 Å². The minimum Gasteiger partial charge on any atom is -0.495 e. The average Bonchev–Trinajstić information content (AvgIpc) is 3.30. The number of nitrogens with one attached hydrogen (secondary N) is 1. The number of halogens is 1. The summed E-state index contributed by atoms with van der Waals surface area (Å²) in [5, 5.41) is 11.8. The van der Waals surface area contributed by atoms with E-state index in [9.17, 15) is 17.6 Å². The highest BCUT2D eigenvalue weighted by Crippen LogP contribution is 2.30. The van der Waals surface area contributed by atoms with Crippen molar-refractivity contribution in [1.82, 2.24) is 19.1 Å². The van der Waals surface area contributed by atoms with Crippen LogP contribution in [0.2, 0.25) is 0 Å². The first kappa shape index (κ1) is 27.3. The Labute approximate surface area is 224 Å². The number of amides is 1. The van der Waals surface area contributed by atoms with E-state index >= 15 is 0 Å². The number of aromatic nitrogens is 3. The largest absolute Gasteiger partial charge is 0.495 e. The molecule has 12 heteroatoms. The van der Waals surface area contributed by atoms with Crippen molar-refractivity contribution in [3.05, 3.63) is 84.2 Å². The summed E-state index contributed by atoms with van der Waals surface area (Å²) in [4.78, 5) is 12.9. The van der Waals surface area contributed by atoms with Crippen molar-refractivity contribution in [2.75, 3.05) is 32.3 Å². The molecule has 0 aliphatic heterocycles. The molecular weight excluding hydrogens is 529 g/mol. The topological polar surface area (TPSA) is 106 Å². The highest BCUT2D eigenvalue weighted by molar-refractivity contribution is 7.99. The summed E-state index contributed by atoms with van der Waals surface area (Å²) in [5.41, 5.74) is 1.93. The van der Waals surface area contributed by atoms with Crippen LogP contribution in [-0.4, -0.2) is 60.4 Å². The van der Waals surface area contributed by atoms with Gasteiger partial charge in [0.15, 0.2) is 11.0 Å². The number of methoxy groups -OCH3 is 1. The molecule has 1 amide bonds. The molecule has 0 saturated carbocycles. The summed E-state index contributed by atoms with van der Waals surface area (Å²) in [6, 6.07) is 20.0. The second kappa shape index (κ2) is 11.8. The van der Waals surface area contributed by atoms with Crippen molar-refractivity contribution in [2.45, 2.75) is 16.6 Å². The number of rotatable bonds is 10. The zero-order valence-electron chi connectivity index (χ0n) is 21.0. The maximum absolute atomic E-state index is 13.5. The number of thioether (sulfide) groups is 1. The molecule has 0 bridgehead atoms. The number of sulfonamides is 1. The number of benzene rings is 3. The van der Waals surface area contributed by atoms with E-state index in [4.69, 9.17) is 4.74 Å². The van der Waals surface area contributed by atoms with Crippen LogP contribution in [0.5, 0.6) is 5.75 Å². The summed E-state index contributed by atoms with van der Waals surface area (Å²) >= 11 is 1.18. The lowest BCUT2D eigenvalue weighted by Gasteiger charge is -2.15. The Morgan fingerprint density at radius 1 is 1.05 bits per heavy atom.